The van der Waals surface area contributed by atoms with Crippen LogP contribution in [0.1, 0.15) is 39.5 Å². The van der Waals surface area contributed by atoms with Crippen LogP contribution in [0.2, 0.25) is 0 Å². The molecule has 0 saturated carbocycles. The average Bonchev–Trinajstić information content (AvgIpc) is 2.47. The normalized spacial score (nSPS) is 12.6. The van der Waals surface area contributed by atoms with Gasteiger partial charge in [0.25, 0.3) is 0 Å². The van der Waals surface area contributed by atoms with E-state index in [2.05, 4.69) is 37.0 Å². The summed E-state index contributed by atoms with van der Waals surface area (Å²) in [6, 6.07) is 0. The zero-order valence-electron chi connectivity index (χ0n) is 8.66. The summed E-state index contributed by atoms with van der Waals surface area (Å²) in [6.45, 7) is 8.37. The summed E-state index contributed by atoms with van der Waals surface area (Å²) in [7, 11) is 0. The van der Waals surface area contributed by atoms with Crippen LogP contribution in [0.3, 0.4) is 0 Å². The third-order valence-electron chi connectivity index (χ3n) is 1.51. The van der Waals surface area contributed by atoms with Gasteiger partial charge in [-0.05, 0) is 11.5 Å². The van der Waals surface area contributed by atoms with Crippen molar-refractivity contribution >= 4 is 6.08 Å². The SMILES string of the molecule is CCc1nnc(/C=C/C(C)(C)C)o1. The number of rotatable bonds is 2. The largest absolute Gasteiger partial charge is 0.421 e. The zero-order valence-corrected chi connectivity index (χ0v) is 8.66. The summed E-state index contributed by atoms with van der Waals surface area (Å²) in [5, 5.41) is 7.75. The van der Waals surface area contributed by atoms with E-state index in [1.54, 1.807) is 0 Å². The predicted octanol–water partition coefficient (Wildman–Crippen LogP) is 2.69. The first-order valence-corrected chi connectivity index (χ1v) is 4.53. The Labute approximate surface area is 78.9 Å². The van der Waals surface area contributed by atoms with Gasteiger partial charge in [-0.25, -0.2) is 0 Å². The molecule has 0 atom stereocenters. The summed E-state index contributed by atoms with van der Waals surface area (Å²) in [4.78, 5) is 0. The van der Waals surface area contributed by atoms with Crippen LogP contribution in [-0.2, 0) is 6.42 Å². The summed E-state index contributed by atoms with van der Waals surface area (Å²) < 4.78 is 5.32. The van der Waals surface area contributed by atoms with E-state index in [0.29, 0.717) is 11.8 Å². The average molecular weight is 180 g/mol. The van der Waals surface area contributed by atoms with Gasteiger partial charge in [0.15, 0.2) is 0 Å². The molecule has 0 bridgehead atoms. The minimum Gasteiger partial charge on any atom is -0.421 e. The highest BCUT2D eigenvalue weighted by Crippen LogP contribution is 2.16. The molecule has 1 heterocycles. The Morgan fingerprint density at radius 3 is 2.46 bits per heavy atom. The molecule has 1 aromatic rings. The van der Waals surface area contributed by atoms with Crippen molar-refractivity contribution in [1.82, 2.24) is 10.2 Å². The van der Waals surface area contributed by atoms with Crippen molar-refractivity contribution in [3.05, 3.63) is 17.9 Å². The number of aryl methyl sites for hydroxylation is 1. The fraction of sp³-hybridized carbons (Fsp3) is 0.600. The predicted molar refractivity (Wildman–Crippen MR) is 52.2 cm³/mol. The van der Waals surface area contributed by atoms with Gasteiger partial charge in [0.05, 0.1) is 0 Å². The minimum atomic E-state index is 0.154. The summed E-state index contributed by atoms with van der Waals surface area (Å²) in [5.74, 6) is 1.28. The van der Waals surface area contributed by atoms with Gasteiger partial charge in [0, 0.05) is 6.42 Å². The van der Waals surface area contributed by atoms with E-state index in [4.69, 9.17) is 4.42 Å². The van der Waals surface area contributed by atoms with Crippen molar-refractivity contribution in [2.24, 2.45) is 5.41 Å². The van der Waals surface area contributed by atoms with Crippen LogP contribution >= 0.6 is 0 Å². The first-order chi connectivity index (χ1) is 6.01. The molecule has 0 aliphatic carbocycles. The topological polar surface area (TPSA) is 38.9 Å². The second-order valence-electron chi connectivity index (χ2n) is 4.09. The Kier molecular flexibility index (Phi) is 2.86. The molecular weight excluding hydrogens is 164 g/mol. The van der Waals surface area contributed by atoms with E-state index in [0.717, 1.165) is 6.42 Å². The van der Waals surface area contributed by atoms with Crippen molar-refractivity contribution in [2.75, 3.05) is 0 Å². The molecule has 0 spiro atoms. The number of nitrogens with zero attached hydrogens (tertiary/aromatic N) is 2. The van der Waals surface area contributed by atoms with E-state index >= 15 is 0 Å². The molecule has 0 aliphatic rings. The molecule has 0 unspecified atom stereocenters. The van der Waals surface area contributed by atoms with Crippen LogP contribution in [0.25, 0.3) is 6.08 Å². The number of allylic oxidation sites excluding steroid dienone is 1. The van der Waals surface area contributed by atoms with Crippen LogP contribution in [0, 0.1) is 5.41 Å². The maximum atomic E-state index is 5.32. The second-order valence-corrected chi connectivity index (χ2v) is 4.09. The van der Waals surface area contributed by atoms with Crippen LogP contribution < -0.4 is 0 Å². The Hall–Kier alpha value is -1.12. The van der Waals surface area contributed by atoms with Crippen LogP contribution in [-0.4, -0.2) is 10.2 Å². The third-order valence-corrected chi connectivity index (χ3v) is 1.51. The first-order valence-electron chi connectivity index (χ1n) is 4.53. The molecule has 0 aliphatic heterocycles. The molecule has 3 heteroatoms. The van der Waals surface area contributed by atoms with Gasteiger partial charge in [-0.3, -0.25) is 0 Å². The summed E-state index contributed by atoms with van der Waals surface area (Å²) >= 11 is 0. The monoisotopic (exact) mass is 180 g/mol. The van der Waals surface area contributed by atoms with Crippen molar-refractivity contribution in [3.63, 3.8) is 0 Å². The number of aromatic nitrogens is 2. The lowest BCUT2D eigenvalue weighted by Gasteiger charge is -2.09. The summed E-state index contributed by atoms with van der Waals surface area (Å²) in [6.07, 6.45) is 4.71. The van der Waals surface area contributed by atoms with Crippen molar-refractivity contribution < 1.29 is 4.42 Å². The minimum absolute atomic E-state index is 0.154. The van der Waals surface area contributed by atoms with Crippen LogP contribution in [0.5, 0.6) is 0 Å². The molecule has 13 heavy (non-hydrogen) atoms. The Morgan fingerprint density at radius 2 is 2.00 bits per heavy atom. The molecule has 0 aromatic carbocycles. The van der Waals surface area contributed by atoms with Crippen LogP contribution in [0.15, 0.2) is 10.5 Å². The van der Waals surface area contributed by atoms with Gasteiger partial charge in [-0.2, -0.15) is 0 Å². The maximum absolute atomic E-state index is 5.32. The van der Waals surface area contributed by atoms with Gasteiger partial charge in [-0.1, -0.05) is 33.8 Å². The molecule has 72 valence electrons. The van der Waals surface area contributed by atoms with Crippen LogP contribution in [0.4, 0.5) is 0 Å². The van der Waals surface area contributed by atoms with Crippen molar-refractivity contribution in [1.29, 1.82) is 0 Å². The standard InChI is InChI=1S/C10H16N2O/c1-5-8-11-12-9(13-8)6-7-10(2,3)4/h6-7H,5H2,1-4H3/b7-6+. The Morgan fingerprint density at radius 1 is 1.31 bits per heavy atom. The van der Waals surface area contributed by atoms with E-state index < -0.39 is 0 Å². The second kappa shape index (κ2) is 3.73. The lowest BCUT2D eigenvalue weighted by molar-refractivity contribution is 0.489. The molecule has 3 nitrogen and oxygen atoms in total. The molecule has 1 rings (SSSR count). The highest BCUT2D eigenvalue weighted by molar-refractivity contribution is 5.38. The quantitative estimate of drug-likeness (QED) is 0.702. The van der Waals surface area contributed by atoms with Crippen molar-refractivity contribution in [3.8, 4) is 0 Å². The van der Waals surface area contributed by atoms with E-state index in [9.17, 15) is 0 Å². The molecular formula is C10H16N2O. The number of hydrogen-bond donors (Lipinski definition) is 0. The fourth-order valence-electron chi connectivity index (χ4n) is 0.798. The van der Waals surface area contributed by atoms with Gasteiger partial charge >= 0.3 is 0 Å². The Bertz CT molecular complexity index is 294. The molecule has 0 N–H and O–H groups in total. The maximum Gasteiger partial charge on any atom is 0.240 e. The zero-order chi connectivity index (χ0) is 9.90. The number of hydrogen-bond acceptors (Lipinski definition) is 3. The van der Waals surface area contributed by atoms with Gasteiger partial charge in [-0.15, -0.1) is 10.2 Å². The fourth-order valence-corrected chi connectivity index (χ4v) is 0.798. The van der Waals surface area contributed by atoms with E-state index in [-0.39, 0.29) is 5.41 Å². The smallest absolute Gasteiger partial charge is 0.240 e. The Balaban J connectivity index is 2.69. The molecule has 1 aromatic heterocycles. The van der Waals surface area contributed by atoms with Gasteiger partial charge in [0.2, 0.25) is 11.8 Å². The lowest BCUT2D eigenvalue weighted by atomic mass is 9.96. The molecule has 0 fully saturated rings. The molecule has 0 amide bonds. The summed E-state index contributed by atoms with van der Waals surface area (Å²) in [5.41, 5.74) is 0.154. The molecule has 0 saturated heterocycles. The highest BCUT2D eigenvalue weighted by Gasteiger charge is 2.05. The first kappa shape index (κ1) is 9.96. The van der Waals surface area contributed by atoms with Crippen molar-refractivity contribution in [2.45, 2.75) is 34.1 Å². The molecule has 0 radical (unpaired) electrons. The third kappa shape index (κ3) is 3.40. The van der Waals surface area contributed by atoms with Gasteiger partial charge in [0.1, 0.15) is 0 Å². The van der Waals surface area contributed by atoms with Gasteiger partial charge < -0.3 is 4.42 Å². The lowest BCUT2D eigenvalue weighted by Crippen LogP contribution is -1.97. The highest BCUT2D eigenvalue weighted by atomic mass is 16.4. The van der Waals surface area contributed by atoms with E-state index in [1.807, 2.05) is 13.0 Å². The van der Waals surface area contributed by atoms with E-state index in [1.165, 1.54) is 0 Å².